The van der Waals surface area contributed by atoms with Crippen molar-refractivity contribution in [1.29, 1.82) is 0 Å². The van der Waals surface area contributed by atoms with Gasteiger partial charge in [-0.25, -0.2) is 13.2 Å². The Bertz CT molecular complexity index is 721. The van der Waals surface area contributed by atoms with Gasteiger partial charge in [0.1, 0.15) is 10.7 Å². The third-order valence-corrected chi connectivity index (χ3v) is 5.87. The fraction of sp³-hybridized carbons (Fsp3) is 0.571. The Morgan fingerprint density at radius 3 is 2.57 bits per heavy atom. The van der Waals surface area contributed by atoms with Crippen molar-refractivity contribution in [3.05, 3.63) is 17.6 Å². The molecule has 0 spiro atoms. The van der Waals surface area contributed by atoms with Crippen LogP contribution in [0.15, 0.2) is 15.4 Å². The number of esters is 1. The van der Waals surface area contributed by atoms with E-state index in [4.69, 9.17) is 9.52 Å². The van der Waals surface area contributed by atoms with Gasteiger partial charge in [-0.1, -0.05) is 13.8 Å². The van der Waals surface area contributed by atoms with Crippen molar-refractivity contribution >= 4 is 22.0 Å². The van der Waals surface area contributed by atoms with Gasteiger partial charge in [-0.05, 0) is 5.92 Å². The molecule has 9 heteroatoms. The molecule has 0 unspecified atom stereocenters. The molecule has 1 aliphatic heterocycles. The number of furan rings is 1. The first-order valence-electron chi connectivity index (χ1n) is 7.16. The number of carbonyl (C=O) groups excluding carboxylic acids is 1. The molecule has 2 rings (SSSR count). The minimum absolute atomic E-state index is 0.0965. The Morgan fingerprint density at radius 1 is 1.43 bits per heavy atom. The fourth-order valence-electron chi connectivity index (χ4n) is 2.66. The number of aliphatic carboxylic acids is 1. The third-order valence-electron chi connectivity index (χ3n) is 3.99. The molecule has 1 aromatic heterocycles. The van der Waals surface area contributed by atoms with Crippen LogP contribution in [0.1, 0.15) is 30.2 Å². The van der Waals surface area contributed by atoms with Gasteiger partial charge in [0.25, 0.3) is 0 Å². The summed E-state index contributed by atoms with van der Waals surface area (Å²) in [7, 11) is -2.76. The first-order valence-corrected chi connectivity index (χ1v) is 8.60. The summed E-state index contributed by atoms with van der Waals surface area (Å²) in [6.07, 6.45) is 0.275. The van der Waals surface area contributed by atoms with E-state index in [0.717, 1.165) is 10.4 Å². The lowest BCUT2D eigenvalue weighted by molar-refractivity contribution is -0.142. The normalized spacial score (nSPS) is 22.2. The maximum Gasteiger partial charge on any atom is 0.373 e. The van der Waals surface area contributed by atoms with Gasteiger partial charge in [-0.2, -0.15) is 4.31 Å². The minimum atomic E-state index is -3.93. The molecule has 8 nitrogen and oxygen atoms in total. The molecule has 0 aromatic carbocycles. The van der Waals surface area contributed by atoms with Crippen molar-refractivity contribution in [2.24, 2.45) is 11.8 Å². The van der Waals surface area contributed by atoms with E-state index < -0.39 is 27.9 Å². The Labute approximate surface area is 134 Å². The Morgan fingerprint density at radius 2 is 2.09 bits per heavy atom. The molecule has 0 amide bonds. The Hall–Kier alpha value is -1.87. The lowest BCUT2D eigenvalue weighted by Gasteiger charge is -2.15. The van der Waals surface area contributed by atoms with Crippen molar-refractivity contribution in [2.75, 3.05) is 20.2 Å². The maximum atomic E-state index is 12.8. The molecule has 0 radical (unpaired) electrons. The van der Waals surface area contributed by atoms with Gasteiger partial charge >= 0.3 is 11.9 Å². The highest BCUT2D eigenvalue weighted by atomic mass is 32.2. The van der Waals surface area contributed by atoms with Crippen molar-refractivity contribution in [3.63, 3.8) is 0 Å². The highest BCUT2D eigenvalue weighted by Crippen LogP contribution is 2.31. The number of carboxylic acids is 1. The molecule has 1 aromatic rings. The molecule has 1 aliphatic rings. The van der Waals surface area contributed by atoms with Gasteiger partial charge in [-0.3, -0.25) is 4.79 Å². The topological polar surface area (TPSA) is 114 Å². The largest absolute Gasteiger partial charge is 0.481 e. The summed E-state index contributed by atoms with van der Waals surface area (Å²) >= 11 is 0. The van der Waals surface area contributed by atoms with Gasteiger partial charge < -0.3 is 14.3 Å². The number of hydrogen-bond donors (Lipinski definition) is 1. The summed E-state index contributed by atoms with van der Waals surface area (Å²) in [6, 6.07) is 1.14. The van der Waals surface area contributed by atoms with E-state index >= 15 is 0 Å². The first kappa shape index (κ1) is 17.5. The molecule has 0 bridgehead atoms. The average molecular weight is 345 g/mol. The fourth-order valence-corrected chi connectivity index (χ4v) is 4.45. The van der Waals surface area contributed by atoms with Gasteiger partial charge in [0.2, 0.25) is 15.8 Å². The molecule has 23 heavy (non-hydrogen) atoms. The summed E-state index contributed by atoms with van der Waals surface area (Å²) in [6.45, 7) is 3.41. The predicted molar refractivity (Wildman–Crippen MR) is 78.5 cm³/mol. The van der Waals surface area contributed by atoms with Gasteiger partial charge in [0.05, 0.1) is 13.0 Å². The number of sulfonamides is 1. The van der Waals surface area contributed by atoms with E-state index in [1.807, 2.05) is 0 Å². The highest BCUT2D eigenvalue weighted by Gasteiger charge is 2.42. The summed E-state index contributed by atoms with van der Waals surface area (Å²) < 4.78 is 36.5. The smallest absolute Gasteiger partial charge is 0.373 e. The lowest BCUT2D eigenvalue weighted by Crippen LogP contribution is -2.30. The molecule has 2 heterocycles. The van der Waals surface area contributed by atoms with Crippen LogP contribution in [0.25, 0.3) is 0 Å². The molecule has 2 atom stereocenters. The number of ether oxygens (including phenoxy) is 1. The quantitative estimate of drug-likeness (QED) is 0.791. The van der Waals surface area contributed by atoms with Crippen molar-refractivity contribution in [1.82, 2.24) is 4.31 Å². The lowest BCUT2D eigenvalue weighted by atomic mass is 9.99. The second-order valence-electron chi connectivity index (χ2n) is 5.49. The van der Waals surface area contributed by atoms with E-state index in [2.05, 4.69) is 4.74 Å². The van der Waals surface area contributed by atoms with Crippen LogP contribution in [-0.4, -0.2) is 50.0 Å². The van der Waals surface area contributed by atoms with Gasteiger partial charge in [0.15, 0.2) is 0 Å². The zero-order valence-electron chi connectivity index (χ0n) is 13.1. The summed E-state index contributed by atoms with van der Waals surface area (Å²) in [5, 5.41) is 9.15. The number of carbonyl (C=O) groups is 2. The number of aryl methyl sites for hydroxylation is 1. The van der Waals surface area contributed by atoms with Crippen LogP contribution in [-0.2, 0) is 26.0 Å². The van der Waals surface area contributed by atoms with Crippen LogP contribution in [0, 0.1) is 11.8 Å². The Balaban J connectivity index is 2.39. The number of carboxylic acid groups (broad SMARTS) is 1. The van der Waals surface area contributed by atoms with Crippen LogP contribution < -0.4 is 0 Å². The standard InChI is InChI=1S/C14H19NO7S/c1-4-10-12(5-11(22-10)14(18)21-3)23(19,20)15-6-8(2)9(7-15)13(16)17/h5,8-9H,4,6-7H2,1-3H3,(H,16,17)/t8-,9-/m1/s1. The molecule has 128 valence electrons. The van der Waals surface area contributed by atoms with Crippen LogP contribution in [0.3, 0.4) is 0 Å². The van der Waals surface area contributed by atoms with E-state index in [1.54, 1.807) is 13.8 Å². The summed E-state index contributed by atoms with van der Waals surface area (Å²) in [5.74, 6) is -2.87. The van der Waals surface area contributed by atoms with Crippen molar-refractivity contribution in [2.45, 2.75) is 25.2 Å². The molecular weight excluding hydrogens is 326 g/mol. The average Bonchev–Trinajstić information content (AvgIpc) is 3.10. The molecule has 0 aliphatic carbocycles. The van der Waals surface area contributed by atoms with Crippen LogP contribution >= 0.6 is 0 Å². The molecule has 0 saturated carbocycles. The van der Waals surface area contributed by atoms with E-state index in [9.17, 15) is 18.0 Å². The minimum Gasteiger partial charge on any atom is -0.481 e. The maximum absolute atomic E-state index is 12.8. The van der Waals surface area contributed by atoms with Crippen molar-refractivity contribution < 1.29 is 32.3 Å². The highest BCUT2D eigenvalue weighted by molar-refractivity contribution is 7.89. The predicted octanol–water partition coefficient (Wildman–Crippen LogP) is 0.970. The van der Waals surface area contributed by atoms with Gasteiger partial charge in [0, 0.05) is 25.6 Å². The number of nitrogens with zero attached hydrogens (tertiary/aromatic N) is 1. The number of hydrogen-bond acceptors (Lipinski definition) is 6. The van der Waals surface area contributed by atoms with E-state index in [0.29, 0.717) is 0 Å². The van der Waals surface area contributed by atoms with E-state index in [-0.39, 0.29) is 41.8 Å². The van der Waals surface area contributed by atoms with Crippen LogP contribution in [0.2, 0.25) is 0 Å². The van der Waals surface area contributed by atoms with Crippen LogP contribution in [0.4, 0.5) is 0 Å². The van der Waals surface area contributed by atoms with E-state index in [1.165, 1.54) is 7.11 Å². The second kappa shape index (κ2) is 6.32. The van der Waals surface area contributed by atoms with Crippen LogP contribution in [0.5, 0.6) is 0 Å². The molecular formula is C14H19NO7S. The van der Waals surface area contributed by atoms with Crippen molar-refractivity contribution in [3.8, 4) is 0 Å². The molecule has 1 N–H and O–H groups in total. The Kier molecular flexibility index (Phi) is 4.81. The zero-order valence-corrected chi connectivity index (χ0v) is 13.9. The summed E-state index contributed by atoms with van der Waals surface area (Å²) in [5.41, 5.74) is 0. The second-order valence-corrected chi connectivity index (χ2v) is 7.39. The number of rotatable bonds is 5. The number of methoxy groups -OCH3 is 1. The molecule has 1 fully saturated rings. The zero-order chi connectivity index (χ0) is 17.4. The third kappa shape index (κ3) is 3.11. The monoisotopic (exact) mass is 345 g/mol. The first-order chi connectivity index (χ1) is 10.7. The SMILES string of the molecule is CCc1oc(C(=O)OC)cc1S(=O)(=O)N1C[C@@H](C)[C@H](C(=O)O)C1. The van der Waals surface area contributed by atoms with Gasteiger partial charge in [-0.15, -0.1) is 0 Å². The molecule has 1 saturated heterocycles. The summed E-state index contributed by atoms with van der Waals surface area (Å²) in [4.78, 5) is 22.6.